The number of benzene rings is 1. The molecule has 0 aliphatic heterocycles. The zero-order chi connectivity index (χ0) is 13.9. The zero-order valence-corrected chi connectivity index (χ0v) is 10.9. The molecule has 1 aromatic rings. The van der Waals surface area contributed by atoms with E-state index in [2.05, 4.69) is 0 Å². The number of hydrogen-bond donors (Lipinski definition) is 1. The van der Waals surface area contributed by atoms with Crippen LogP contribution in [-0.4, -0.2) is 35.0 Å². The minimum Gasteiger partial charge on any atom is -0.480 e. The van der Waals surface area contributed by atoms with Gasteiger partial charge in [0.2, 0.25) is 0 Å². The molecular weight excluding hydrogens is 284 g/mol. The fourth-order valence-electron chi connectivity index (χ4n) is 1.35. The Hall–Kier alpha value is -1.33. The highest BCUT2D eigenvalue weighted by molar-refractivity contribution is 6.36. The van der Waals surface area contributed by atoms with E-state index in [9.17, 15) is 14.0 Å². The van der Waals surface area contributed by atoms with Gasteiger partial charge in [0.25, 0.3) is 5.91 Å². The summed E-state index contributed by atoms with van der Waals surface area (Å²) in [4.78, 5) is 23.6. The van der Waals surface area contributed by atoms with Crippen molar-refractivity contribution in [1.29, 1.82) is 0 Å². The van der Waals surface area contributed by atoms with Gasteiger partial charge in [0.15, 0.2) is 0 Å². The van der Waals surface area contributed by atoms with Crippen LogP contribution in [0.3, 0.4) is 0 Å². The Morgan fingerprint density at radius 1 is 1.33 bits per heavy atom. The average molecular weight is 294 g/mol. The van der Waals surface area contributed by atoms with Crippen molar-refractivity contribution in [3.8, 4) is 0 Å². The second kappa shape index (κ2) is 6.02. The van der Waals surface area contributed by atoms with Crippen molar-refractivity contribution in [2.45, 2.75) is 6.92 Å². The Bertz CT molecular complexity index is 493. The summed E-state index contributed by atoms with van der Waals surface area (Å²) in [5, 5.41) is 8.44. The van der Waals surface area contributed by atoms with Crippen molar-refractivity contribution in [3.63, 3.8) is 0 Å². The van der Waals surface area contributed by atoms with E-state index in [-0.39, 0.29) is 22.2 Å². The number of amides is 1. The smallest absolute Gasteiger partial charge is 0.323 e. The summed E-state index contributed by atoms with van der Waals surface area (Å²) in [6, 6.07) is 2.01. The maximum absolute atomic E-state index is 13.3. The minimum atomic E-state index is -1.16. The second-order valence-electron chi connectivity index (χ2n) is 3.46. The maximum Gasteiger partial charge on any atom is 0.323 e. The van der Waals surface area contributed by atoms with E-state index < -0.39 is 24.2 Å². The largest absolute Gasteiger partial charge is 0.480 e. The first-order valence-electron chi connectivity index (χ1n) is 5.02. The minimum absolute atomic E-state index is 0.0183. The maximum atomic E-state index is 13.3. The van der Waals surface area contributed by atoms with Crippen LogP contribution in [0.4, 0.5) is 4.39 Å². The van der Waals surface area contributed by atoms with Gasteiger partial charge < -0.3 is 10.0 Å². The van der Waals surface area contributed by atoms with E-state index >= 15 is 0 Å². The van der Waals surface area contributed by atoms with Crippen molar-refractivity contribution in [1.82, 2.24) is 4.90 Å². The van der Waals surface area contributed by atoms with E-state index in [0.717, 1.165) is 17.0 Å². The van der Waals surface area contributed by atoms with Crippen molar-refractivity contribution in [3.05, 3.63) is 33.6 Å². The summed E-state index contributed by atoms with van der Waals surface area (Å²) < 4.78 is 13.3. The van der Waals surface area contributed by atoms with E-state index in [0.29, 0.717) is 0 Å². The molecule has 1 amide bonds. The molecule has 1 N–H and O–H groups in total. The highest BCUT2D eigenvalue weighted by Gasteiger charge is 2.21. The SMILES string of the molecule is CCN(CC(=O)O)C(=O)c1cc(F)c(Cl)cc1Cl. The van der Waals surface area contributed by atoms with Crippen LogP contribution >= 0.6 is 23.2 Å². The zero-order valence-electron chi connectivity index (χ0n) is 9.41. The van der Waals surface area contributed by atoms with Crippen LogP contribution in [0.25, 0.3) is 0 Å². The van der Waals surface area contributed by atoms with E-state index in [4.69, 9.17) is 28.3 Å². The Labute approximate surface area is 113 Å². The molecule has 0 fully saturated rings. The molecule has 0 aromatic heterocycles. The fraction of sp³-hybridized carbons (Fsp3) is 0.273. The lowest BCUT2D eigenvalue weighted by atomic mass is 10.2. The van der Waals surface area contributed by atoms with Crippen molar-refractivity contribution in [2.75, 3.05) is 13.1 Å². The second-order valence-corrected chi connectivity index (χ2v) is 4.27. The molecule has 0 radical (unpaired) electrons. The van der Waals surface area contributed by atoms with Crippen LogP contribution < -0.4 is 0 Å². The molecule has 0 heterocycles. The molecular formula is C11H10Cl2FNO3. The van der Waals surface area contributed by atoms with Gasteiger partial charge in [-0.1, -0.05) is 23.2 Å². The fourth-order valence-corrected chi connectivity index (χ4v) is 1.81. The number of aliphatic carboxylic acids is 1. The summed E-state index contributed by atoms with van der Waals surface area (Å²) in [5.74, 6) is -2.59. The molecule has 0 bridgehead atoms. The molecule has 1 rings (SSSR count). The van der Waals surface area contributed by atoms with Gasteiger partial charge in [-0.2, -0.15) is 0 Å². The molecule has 4 nitrogen and oxygen atoms in total. The standard InChI is InChI=1S/C11H10Cl2FNO3/c1-2-15(5-10(16)17)11(18)6-3-9(14)8(13)4-7(6)12/h3-4H,2,5H2,1H3,(H,16,17). The van der Waals surface area contributed by atoms with Gasteiger partial charge in [0.05, 0.1) is 15.6 Å². The third kappa shape index (κ3) is 3.34. The molecule has 0 aliphatic carbocycles. The Kier molecular flexibility index (Phi) is 4.93. The number of likely N-dealkylation sites (N-methyl/N-ethyl adjacent to an activating group) is 1. The van der Waals surface area contributed by atoms with Crippen LogP contribution in [0.2, 0.25) is 10.0 Å². The molecule has 0 spiro atoms. The third-order valence-electron chi connectivity index (χ3n) is 2.24. The van der Waals surface area contributed by atoms with Gasteiger partial charge >= 0.3 is 5.97 Å². The lowest BCUT2D eigenvalue weighted by molar-refractivity contribution is -0.137. The summed E-state index contributed by atoms with van der Waals surface area (Å²) in [6.45, 7) is 1.31. The molecule has 0 unspecified atom stereocenters. The lowest BCUT2D eigenvalue weighted by Gasteiger charge is -2.19. The summed E-state index contributed by atoms with van der Waals surface area (Å²) >= 11 is 11.3. The van der Waals surface area contributed by atoms with E-state index in [1.807, 2.05) is 0 Å². The van der Waals surface area contributed by atoms with Gasteiger partial charge in [-0.15, -0.1) is 0 Å². The molecule has 0 saturated carbocycles. The summed E-state index contributed by atoms with van der Waals surface area (Å²) in [7, 11) is 0. The van der Waals surface area contributed by atoms with Crippen LogP contribution in [0, 0.1) is 5.82 Å². The number of rotatable bonds is 4. The van der Waals surface area contributed by atoms with Gasteiger partial charge in [-0.25, -0.2) is 4.39 Å². The van der Waals surface area contributed by atoms with E-state index in [1.54, 1.807) is 6.92 Å². The van der Waals surface area contributed by atoms with Gasteiger partial charge in [0, 0.05) is 6.54 Å². The first kappa shape index (κ1) is 14.7. The molecule has 1 aromatic carbocycles. The normalized spacial score (nSPS) is 10.2. The number of carboxylic acid groups (broad SMARTS) is 1. The van der Waals surface area contributed by atoms with Gasteiger partial charge in [-0.3, -0.25) is 9.59 Å². The van der Waals surface area contributed by atoms with Crippen LogP contribution in [0.15, 0.2) is 12.1 Å². The highest BCUT2D eigenvalue weighted by atomic mass is 35.5. The summed E-state index contributed by atoms with van der Waals surface area (Å²) in [6.07, 6.45) is 0. The predicted octanol–water partition coefficient (Wildman–Crippen LogP) is 2.68. The molecule has 98 valence electrons. The van der Waals surface area contributed by atoms with Crippen molar-refractivity contribution in [2.24, 2.45) is 0 Å². The average Bonchev–Trinajstić information content (AvgIpc) is 2.29. The number of carbonyl (C=O) groups excluding carboxylic acids is 1. The number of hydrogen-bond acceptors (Lipinski definition) is 2. The number of carboxylic acids is 1. The topological polar surface area (TPSA) is 57.6 Å². The first-order chi connectivity index (χ1) is 8.36. The number of nitrogens with zero attached hydrogens (tertiary/aromatic N) is 1. The van der Waals surface area contributed by atoms with Crippen LogP contribution in [-0.2, 0) is 4.79 Å². The number of halogens is 3. The molecule has 0 atom stereocenters. The van der Waals surface area contributed by atoms with E-state index in [1.165, 1.54) is 0 Å². The van der Waals surface area contributed by atoms with Gasteiger partial charge in [-0.05, 0) is 19.1 Å². The monoisotopic (exact) mass is 293 g/mol. The lowest BCUT2D eigenvalue weighted by Crippen LogP contribution is -2.35. The van der Waals surface area contributed by atoms with Crippen molar-refractivity contribution < 1.29 is 19.1 Å². The van der Waals surface area contributed by atoms with Crippen molar-refractivity contribution >= 4 is 35.1 Å². The molecule has 7 heteroatoms. The Morgan fingerprint density at radius 2 is 1.94 bits per heavy atom. The predicted molar refractivity (Wildman–Crippen MR) is 65.6 cm³/mol. The third-order valence-corrected chi connectivity index (χ3v) is 2.84. The first-order valence-corrected chi connectivity index (χ1v) is 5.78. The Balaban J connectivity index is 3.09. The van der Waals surface area contributed by atoms with Gasteiger partial charge in [0.1, 0.15) is 12.4 Å². The number of carbonyl (C=O) groups is 2. The quantitative estimate of drug-likeness (QED) is 0.869. The molecule has 18 heavy (non-hydrogen) atoms. The van der Waals surface area contributed by atoms with Crippen LogP contribution in [0.1, 0.15) is 17.3 Å². The highest BCUT2D eigenvalue weighted by Crippen LogP contribution is 2.25. The molecule has 0 saturated heterocycles. The van der Waals surface area contributed by atoms with Crippen LogP contribution in [0.5, 0.6) is 0 Å². The molecule has 0 aliphatic rings. The Morgan fingerprint density at radius 3 is 2.44 bits per heavy atom. The summed E-state index contributed by atoms with van der Waals surface area (Å²) in [5.41, 5.74) is -0.110.